The summed E-state index contributed by atoms with van der Waals surface area (Å²) in [5, 5.41) is 0. The molecule has 0 aromatic carbocycles. The van der Waals surface area contributed by atoms with Gasteiger partial charge in [0.1, 0.15) is 0 Å². The Labute approximate surface area is 76.5 Å². The van der Waals surface area contributed by atoms with Crippen LogP contribution < -0.4 is 0 Å². The molecule has 1 heteroatoms. The smallest absolute Gasteiger partial charge is 0.000673 e. The van der Waals surface area contributed by atoms with Crippen molar-refractivity contribution < 1.29 is 0 Å². The number of hydrogen-bond donors (Lipinski definition) is 0. The van der Waals surface area contributed by atoms with E-state index in [-0.39, 0.29) is 0 Å². The molecular weight excluding hydrogens is 146 g/mol. The van der Waals surface area contributed by atoms with E-state index in [2.05, 4.69) is 25.5 Å². The molecule has 1 rings (SSSR count). The molecule has 1 heterocycles. The van der Waals surface area contributed by atoms with Gasteiger partial charge in [-0.2, -0.15) is 0 Å². The number of piperidine rings is 1. The van der Waals surface area contributed by atoms with Gasteiger partial charge in [-0.1, -0.05) is 5.57 Å². The molecule has 1 saturated heterocycles. The van der Waals surface area contributed by atoms with E-state index in [9.17, 15) is 0 Å². The van der Waals surface area contributed by atoms with Gasteiger partial charge in [0.2, 0.25) is 0 Å². The number of allylic oxidation sites excluding steroid dienone is 1. The van der Waals surface area contributed by atoms with Crippen molar-refractivity contribution in [3.05, 3.63) is 12.2 Å². The van der Waals surface area contributed by atoms with Crippen molar-refractivity contribution in [2.75, 3.05) is 20.1 Å². The van der Waals surface area contributed by atoms with Crippen LogP contribution in [0.1, 0.15) is 32.6 Å². The van der Waals surface area contributed by atoms with Gasteiger partial charge >= 0.3 is 0 Å². The highest BCUT2D eigenvalue weighted by molar-refractivity contribution is 4.88. The van der Waals surface area contributed by atoms with Gasteiger partial charge in [0.05, 0.1) is 0 Å². The van der Waals surface area contributed by atoms with Crippen molar-refractivity contribution in [3.63, 3.8) is 0 Å². The normalized spacial score (nSPS) is 25.7. The fourth-order valence-corrected chi connectivity index (χ4v) is 1.96. The highest BCUT2D eigenvalue weighted by Gasteiger charge is 2.16. The lowest BCUT2D eigenvalue weighted by Gasteiger charge is -2.29. The highest BCUT2D eigenvalue weighted by Crippen LogP contribution is 2.21. The minimum Gasteiger partial charge on any atom is -0.306 e. The zero-order chi connectivity index (χ0) is 8.97. The fraction of sp³-hybridized carbons (Fsp3) is 0.818. The lowest BCUT2D eigenvalue weighted by molar-refractivity contribution is 0.202. The van der Waals surface area contributed by atoms with E-state index in [1.807, 2.05) is 0 Å². The summed E-state index contributed by atoms with van der Waals surface area (Å²) in [7, 11) is 2.23. The number of hydrogen-bond acceptors (Lipinski definition) is 1. The standard InChI is InChI=1S/C11H21N/c1-10(2)6-7-11-5-4-8-12(3)9-11/h11H,1,4-9H2,2-3H3. The summed E-state index contributed by atoms with van der Waals surface area (Å²) in [6.07, 6.45) is 5.38. The minimum atomic E-state index is 0.931. The summed E-state index contributed by atoms with van der Waals surface area (Å²) in [5.41, 5.74) is 1.34. The van der Waals surface area contributed by atoms with Gasteiger partial charge in [-0.15, -0.1) is 6.58 Å². The van der Waals surface area contributed by atoms with Gasteiger partial charge in [-0.25, -0.2) is 0 Å². The molecule has 12 heavy (non-hydrogen) atoms. The van der Waals surface area contributed by atoms with Crippen LogP contribution in [0.5, 0.6) is 0 Å². The molecule has 0 N–H and O–H groups in total. The molecule has 1 aliphatic heterocycles. The van der Waals surface area contributed by atoms with E-state index < -0.39 is 0 Å². The molecule has 1 fully saturated rings. The molecule has 70 valence electrons. The minimum absolute atomic E-state index is 0.931. The Balaban J connectivity index is 2.18. The maximum absolute atomic E-state index is 3.94. The van der Waals surface area contributed by atoms with Crippen LogP contribution in [0.2, 0.25) is 0 Å². The van der Waals surface area contributed by atoms with Gasteiger partial charge in [0, 0.05) is 6.54 Å². The van der Waals surface area contributed by atoms with Crippen molar-refractivity contribution in [3.8, 4) is 0 Å². The molecule has 0 aromatic heterocycles. The van der Waals surface area contributed by atoms with Crippen LogP contribution in [0.25, 0.3) is 0 Å². The van der Waals surface area contributed by atoms with Crippen LogP contribution in [0.15, 0.2) is 12.2 Å². The van der Waals surface area contributed by atoms with E-state index in [0.29, 0.717) is 0 Å². The maximum atomic E-state index is 3.94. The van der Waals surface area contributed by atoms with Crippen molar-refractivity contribution in [2.24, 2.45) is 5.92 Å². The quantitative estimate of drug-likeness (QED) is 0.584. The average molecular weight is 167 g/mol. The molecule has 0 saturated carbocycles. The van der Waals surface area contributed by atoms with Gasteiger partial charge < -0.3 is 4.90 Å². The van der Waals surface area contributed by atoms with Crippen molar-refractivity contribution >= 4 is 0 Å². The Morgan fingerprint density at radius 1 is 1.58 bits per heavy atom. The Morgan fingerprint density at radius 2 is 2.33 bits per heavy atom. The van der Waals surface area contributed by atoms with Crippen LogP contribution in [0, 0.1) is 5.92 Å². The number of nitrogens with zero attached hydrogens (tertiary/aromatic N) is 1. The Morgan fingerprint density at radius 3 is 2.92 bits per heavy atom. The molecule has 0 aromatic rings. The van der Waals surface area contributed by atoms with E-state index in [4.69, 9.17) is 0 Å². The van der Waals surface area contributed by atoms with Gasteiger partial charge in [0.25, 0.3) is 0 Å². The second-order valence-corrected chi connectivity index (χ2v) is 4.27. The number of rotatable bonds is 3. The van der Waals surface area contributed by atoms with Crippen LogP contribution >= 0.6 is 0 Å². The first-order chi connectivity index (χ1) is 5.68. The third kappa shape index (κ3) is 3.40. The summed E-state index contributed by atoms with van der Waals surface area (Å²) in [5.74, 6) is 0.931. The zero-order valence-electron chi connectivity index (χ0n) is 8.47. The Hall–Kier alpha value is -0.300. The second-order valence-electron chi connectivity index (χ2n) is 4.27. The molecule has 0 spiro atoms. The Kier molecular flexibility index (Phi) is 3.80. The molecular formula is C11H21N. The zero-order valence-corrected chi connectivity index (χ0v) is 8.47. The first kappa shape index (κ1) is 9.79. The molecule has 1 aliphatic rings. The SMILES string of the molecule is C=C(C)CCC1CCCN(C)C1. The number of likely N-dealkylation sites (tertiary alicyclic amines) is 1. The van der Waals surface area contributed by atoms with Crippen LogP contribution in [-0.2, 0) is 0 Å². The van der Waals surface area contributed by atoms with Crippen LogP contribution in [0.4, 0.5) is 0 Å². The second kappa shape index (κ2) is 4.66. The average Bonchev–Trinajstić information content (AvgIpc) is 2.01. The molecule has 1 atom stereocenters. The van der Waals surface area contributed by atoms with Crippen LogP contribution in [0.3, 0.4) is 0 Å². The fourth-order valence-electron chi connectivity index (χ4n) is 1.96. The van der Waals surface area contributed by atoms with E-state index >= 15 is 0 Å². The molecule has 1 nitrogen and oxygen atoms in total. The summed E-state index contributed by atoms with van der Waals surface area (Å²) in [6, 6.07) is 0. The Bertz CT molecular complexity index is 151. The van der Waals surface area contributed by atoms with E-state index in [1.165, 1.54) is 44.3 Å². The predicted octanol–water partition coefficient (Wildman–Crippen LogP) is 2.68. The monoisotopic (exact) mass is 167 g/mol. The van der Waals surface area contributed by atoms with Gasteiger partial charge in [-0.3, -0.25) is 0 Å². The predicted molar refractivity (Wildman–Crippen MR) is 54.3 cm³/mol. The summed E-state index contributed by atoms with van der Waals surface area (Å²) in [4.78, 5) is 2.45. The first-order valence-electron chi connectivity index (χ1n) is 5.01. The van der Waals surface area contributed by atoms with E-state index in [1.54, 1.807) is 0 Å². The van der Waals surface area contributed by atoms with Crippen molar-refractivity contribution in [1.29, 1.82) is 0 Å². The molecule has 0 radical (unpaired) electrons. The highest BCUT2D eigenvalue weighted by atomic mass is 15.1. The van der Waals surface area contributed by atoms with E-state index in [0.717, 1.165) is 5.92 Å². The third-order valence-corrected chi connectivity index (χ3v) is 2.70. The topological polar surface area (TPSA) is 3.24 Å². The summed E-state index contributed by atoms with van der Waals surface area (Å²) < 4.78 is 0. The maximum Gasteiger partial charge on any atom is 0.000673 e. The van der Waals surface area contributed by atoms with Gasteiger partial charge in [-0.05, 0) is 52.1 Å². The summed E-state index contributed by atoms with van der Waals surface area (Å²) >= 11 is 0. The molecule has 0 amide bonds. The van der Waals surface area contributed by atoms with Crippen molar-refractivity contribution in [1.82, 2.24) is 4.90 Å². The first-order valence-corrected chi connectivity index (χ1v) is 5.01. The largest absolute Gasteiger partial charge is 0.306 e. The third-order valence-electron chi connectivity index (χ3n) is 2.70. The van der Waals surface area contributed by atoms with Crippen LogP contribution in [-0.4, -0.2) is 25.0 Å². The summed E-state index contributed by atoms with van der Waals surface area (Å²) in [6.45, 7) is 8.67. The molecule has 0 bridgehead atoms. The lowest BCUT2D eigenvalue weighted by atomic mass is 9.92. The molecule has 0 aliphatic carbocycles. The van der Waals surface area contributed by atoms with Gasteiger partial charge in [0.15, 0.2) is 0 Å². The molecule has 1 unspecified atom stereocenters. The lowest BCUT2D eigenvalue weighted by Crippen LogP contribution is -2.31. The van der Waals surface area contributed by atoms with Crippen molar-refractivity contribution in [2.45, 2.75) is 32.6 Å².